The van der Waals surface area contributed by atoms with Crippen molar-refractivity contribution >= 4 is 15.9 Å². The maximum absolute atomic E-state index is 12.5. The molecule has 1 heterocycles. The first-order chi connectivity index (χ1) is 9.81. The molecule has 0 aromatic heterocycles. The Hall–Kier alpha value is -1.11. The van der Waals surface area contributed by atoms with Crippen molar-refractivity contribution < 1.29 is 8.42 Å². The average molecular weight is 311 g/mol. The second kappa shape index (κ2) is 6.34. The highest BCUT2D eigenvalue weighted by Gasteiger charge is 2.27. The van der Waals surface area contributed by atoms with Crippen molar-refractivity contribution in [1.82, 2.24) is 4.72 Å². The maximum Gasteiger partial charge on any atom is 0.301 e. The number of nitrogens with one attached hydrogen (secondary N) is 1. The van der Waals surface area contributed by atoms with E-state index < -0.39 is 10.2 Å². The highest BCUT2D eigenvalue weighted by Crippen LogP contribution is 2.30. The van der Waals surface area contributed by atoms with Crippen LogP contribution in [0, 0.1) is 5.92 Å². The molecule has 2 rings (SSSR count). The van der Waals surface area contributed by atoms with Crippen molar-refractivity contribution in [3.63, 3.8) is 0 Å². The van der Waals surface area contributed by atoms with Crippen molar-refractivity contribution in [2.24, 2.45) is 11.7 Å². The summed E-state index contributed by atoms with van der Waals surface area (Å²) in [5, 5.41) is 0. The largest absolute Gasteiger partial charge is 0.324 e. The molecule has 1 aromatic rings. The van der Waals surface area contributed by atoms with E-state index in [2.05, 4.69) is 4.72 Å². The molecular weight excluding hydrogens is 286 g/mol. The number of hydrogen-bond acceptors (Lipinski definition) is 3. The standard InChI is InChI=1S/C15H25N3O2S/c1-11(2)10-17-21(19,20)18-8-4-5-14-9-13(12(3)16)6-7-15(14)18/h6-7,9,11-12,17H,4-5,8,10,16H2,1-3H3. The summed E-state index contributed by atoms with van der Waals surface area (Å²) in [6, 6.07) is 5.78. The Morgan fingerprint density at radius 1 is 1.33 bits per heavy atom. The monoisotopic (exact) mass is 311 g/mol. The van der Waals surface area contributed by atoms with Gasteiger partial charge in [0.05, 0.1) is 5.69 Å². The Morgan fingerprint density at radius 3 is 2.67 bits per heavy atom. The molecule has 6 heteroatoms. The van der Waals surface area contributed by atoms with E-state index >= 15 is 0 Å². The molecule has 0 bridgehead atoms. The lowest BCUT2D eigenvalue weighted by atomic mass is 9.98. The number of aryl methyl sites for hydroxylation is 1. The Bertz CT molecular complexity index is 597. The van der Waals surface area contributed by atoms with E-state index in [4.69, 9.17) is 5.73 Å². The summed E-state index contributed by atoms with van der Waals surface area (Å²) in [4.78, 5) is 0. The Labute approximate surface area is 127 Å². The SMILES string of the molecule is CC(C)CNS(=O)(=O)N1CCCc2cc(C(C)N)ccc21. The van der Waals surface area contributed by atoms with Gasteiger partial charge >= 0.3 is 10.2 Å². The molecule has 0 saturated carbocycles. The van der Waals surface area contributed by atoms with Crippen LogP contribution in [0.5, 0.6) is 0 Å². The number of hydrogen-bond donors (Lipinski definition) is 2. The lowest BCUT2D eigenvalue weighted by molar-refractivity contribution is 0.552. The van der Waals surface area contributed by atoms with Gasteiger partial charge in [-0.15, -0.1) is 0 Å². The summed E-state index contributed by atoms with van der Waals surface area (Å²) in [7, 11) is -3.47. The van der Waals surface area contributed by atoms with Crippen LogP contribution in [0.3, 0.4) is 0 Å². The lowest BCUT2D eigenvalue weighted by Gasteiger charge is -2.31. The topological polar surface area (TPSA) is 75.4 Å². The summed E-state index contributed by atoms with van der Waals surface area (Å²) in [5.74, 6) is 0.282. The number of nitrogens with zero attached hydrogens (tertiary/aromatic N) is 1. The van der Waals surface area contributed by atoms with Crippen molar-refractivity contribution in [1.29, 1.82) is 0 Å². The molecule has 3 N–H and O–H groups in total. The van der Waals surface area contributed by atoms with Crippen LogP contribution in [0.25, 0.3) is 0 Å². The van der Waals surface area contributed by atoms with E-state index in [1.54, 1.807) is 0 Å². The molecule has 5 nitrogen and oxygen atoms in total. The molecule has 0 saturated heterocycles. The van der Waals surface area contributed by atoms with Gasteiger partial charge in [-0.25, -0.2) is 0 Å². The van der Waals surface area contributed by atoms with Crippen LogP contribution in [-0.2, 0) is 16.6 Å². The van der Waals surface area contributed by atoms with Crippen LogP contribution in [0.4, 0.5) is 5.69 Å². The van der Waals surface area contributed by atoms with Crippen LogP contribution >= 0.6 is 0 Å². The van der Waals surface area contributed by atoms with E-state index in [0.717, 1.165) is 29.7 Å². The fourth-order valence-electron chi connectivity index (χ4n) is 2.47. The second-order valence-corrected chi connectivity index (χ2v) is 7.78. The van der Waals surface area contributed by atoms with E-state index in [0.29, 0.717) is 13.1 Å². The minimum Gasteiger partial charge on any atom is -0.324 e. The summed E-state index contributed by atoms with van der Waals surface area (Å²) in [5.41, 5.74) is 8.79. The summed E-state index contributed by atoms with van der Waals surface area (Å²) < 4.78 is 29.1. The molecule has 21 heavy (non-hydrogen) atoms. The van der Waals surface area contributed by atoms with Crippen LogP contribution in [0.15, 0.2) is 18.2 Å². The van der Waals surface area contributed by atoms with Gasteiger partial charge in [0.1, 0.15) is 0 Å². The molecule has 1 aromatic carbocycles. The zero-order valence-electron chi connectivity index (χ0n) is 13.0. The Kier molecular flexibility index (Phi) is 4.91. The van der Waals surface area contributed by atoms with Crippen molar-refractivity contribution in [3.05, 3.63) is 29.3 Å². The molecule has 0 fully saturated rings. The fraction of sp³-hybridized carbons (Fsp3) is 0.600. The zero-order chi connectivity index (χ0) is 15.6. The van der Waals surface area contributed by atoms with Gasteiger partial charge in [-0.3, -0.25) is 4.31 Å². The molecule has 0 radical (unpaired) electrons. The van der Waals surface area contributed by atoms with Gasteiger partial charge in [0.2, 0.25) is 0 Å². The molecular formula is C15H25N3O2S. The third kappa shape index (κ3) is 3.75. The number of fused-ring (bicyclic) bond motifs is 1. The molecule has 1 aliphatic rings. The minimum absolute atomic E-state index is 0.0404. The second-order valence-electron chi connectivity index (χ2n) is 6.10. The summed E-state index contributed by atoms with van der Waals surface area (Å²) in [6.07, 6.45) is 1.73. The molecule has 1 aliphatic heterocycles. The van der Waals surface area contributed by atoms with Crippen LogP contribution in [0.1, 0.15) is 44.4 Å². The Balaban J connectivity index is 2.30. The van der Waals surface area contributed by atoms with Gasteiger partial charge < -0.3 is 5.73 Å². The predicted molar refractivity (Wildman–Crippen MR) is 86.5 cm³/mol. The third-order valence-corrected chi connectivity index (χ3v) is 5.16. The van der Waals surface area contributed by atoms with E-state index in [1.807, 2.05) is 39.0 Å². The van der Waals surface area contributed by atoms with Crippen molar-refractivity contribution in [2.45, 2.75) is 39.7 Å². The first kappa shape index (κ1) is 16.3. The zero-order valence-corrected chi connectivity index (χ0v) is 13.8. The van der Waals surface area contributed by atoms with Gasteiger partial charge in [-0.05, 0) is 42.9 Å². The maximum atomic E-state index is 12.5. The Morgan fingerprint density at radius 2 is 2.05 bits per heavy atom. The van der Waals surface area contributed by atoms with Crippen LogP contribution < -0.4 is 14.8 Å². The lowest BCUT2D eigenvalue weighted by Crippen LogP contribution is -2.44. The van der Waals surface area contributed by atoms with Gasteiger partial charge in [-0.1, -0.05) is 26.0 Å². The van der Waals surface area contributed by atoms with Gasteiger partial charge in [0.25, 0.3) is 0 Å². The molecule has 118 valence electrons. The van der Waals surface area contributed by atoms with Crippen molar-refractivity contribution in [2.75, 3.05) is 17.4 Å². The summed E-state index contributed by atoms with van der Waals surface area (Å²) in [6.45, 7) is 6.89. The molecule has 0 aliphatic carbocycles. The third-order valence-electron chi connectivity index (χ3n) is 3.67. The highest BCUT2D eigenvalue weighted by molar-refractivity contribution is 7.90. The van der Waals surface area contributed by atoms with Gasteiger partial charge in [0.15, 0.2) is 0 Å². The molecule has 1 atom stereocenters. The number of benzene rings is 1. The predicted octanol–water partition coefficient (Wildman–Crippen LogP) is 1.95. The quantitative estimate of drug-likeness (QED) is 0.872. The molecule has 0 spiro atoms. The molecule has 0 amide bonds. The smallest absolute Gasteiger partial charge is 0.301 e. The number of nitrogens with two attached hydrogens (primary N) is 1. The normalized spacial score (nSPS) is 16.9. The highest BCUT2D eigenvalue weighted by atomic mass is 32.2. The van der Waals surface area contributed by atoms with Crippen molar-refractivity contribution in [3.8, 4) is 0 Å². The molecule has 1 unspecified atom stereocenters. The average Bonchev–Trinajstić information content (AvgIpc) is 2.44. The van der Waals surface area contributed by atoms with Crippen LogP contribution in [-0.4, -0.2) is 21.5 Å². The number of rotatable bonds is 5. The first-order valence-electron chi connectivity index (χ1n) is 7.47. The minimum atomic E-state index is -3.47. The van der Waals surface area contributed by atoms with E-state index in [9.17, 15) is 8.42 Å². The van der Waals surface area contributed by atoms with Gasteiger partial charge in [-0.2, -0.15) is 13.1 Å². The summed E-state index contributed by atoms with van der Waals surface area (Å²) >= 11 is 0. The van der Waals surface area contributed by atoms with E-state index in [-0.39, 0.29) is 12.0 Å². The number of anilines is 1. The van der Waals surface area contributed by atoms with E-state index in [1.165, 1.54) is 4.31 Å². The fourth-order valence-corrected chi connectivity index (χ4v) is 3.97. The van der Waals surface area contributed by atoms with Crippen LogP contribution in [0.2, 0.25) is 0 Å². The first-order valence-corrected chi connectivity index (χ1v) is 8.91. The van der Waals surface area contributed by atoms with Gasteiger partial charge in [0, 0.05) is 19.1 Å².